The summed E-state index contributed by atoms with van der Waals surface area (Å²) < 4.78 is 4.59. The molecule has 0 saturated carbocycles. The van der Waals surface area contributed by atoms with Crippen LogP contribution in [0.5, 0.6) is 0 Å². The molecule has 0 aliphatic rings. The molecule has 7 aromatic carbocycles. The Bertz CT molecular complexity index is 3140. The Labute approximate surface area is 311 Å². The van der Waals surface area contributed by atoms with E-state index < -0.39 is 0 Å². The molecule has 0 aliphatic carbocycles. The number of hydrogen-bond acceptors (Lipinski definition) is 3. The highest BCUT2D eigenvalue weighted by Crippen LogP contribution is 2.42. The molecular formula is C49H31N5. The number of hydrogen-bond donors (Lipinski definition) is 0. The van der Waals surface area contributed by atoms with Crippen molar-refractivity contribution in [2.45, 2.75) is 0 Å². The topological polar surface area (TPSA) is 48.5 Å². The van der Waals surface area contributed by atoms with E-state index in [9.17, 15) is 0 Å². The second-order valence-electron chi connectivity index (χ2n) is 13.6. The van der Waals surface area contributed by atoms with Crippen molar-refractivity contribution in [1.29, 1.82) is 0 Å². The van der Waals surface area contributed by atoms with Crippen LogP contribution in [0.1, 0.15) is 0 Å². The molecule has 0 N–H and O–H groups in total. The predicted octanol–water partition coefficient (Wildman–Crippen LogP) is 12.2. The molecule has 5 nitrogen and oxygen atoms in total. The summed E-state index contributed by atoms with van der Waals surface area (Å²) in [6, 6.07) is 65.9. The molecule has 0 atom stereocenters. The van der Waals surface area contributed by atoms with Crippen LogP contribution in [0.2, 0.25) is 0 Å². The number of benzene rings is 7. The molecule has 11 aromatic rings. The quantitative estimate of drug-likeness (QED) is 0.181. The minimum Gasteiger partial charge on any atom is -0.293 e. The van der Waals surface area contributed by atoms with Gasteiger partial charge in [-0.05, 0) is 47.5 Å². The van der Waals surface area contributed by atoms with Gasteiger partial charge in [0.15, 0.2) is 0 Å². The third-order valence-electron chi connectivity index (χ3n) is 10.5. The van der Waals surface area contributed by atoms with Gasteiger partial charge in [-0.1, -0.05) is 152 Å². The normalized spacial score (nSPS) is 11.7. The summed E-state index contributed by atoms with van der Waals surface area (Å²) >= 11 is 0. The Morgan fingerprint density at radius 2 is 0.944 bits per heavy atom. The summed E-state index contributed by atoms with van der Waals surface area (Å²) in [4.78, 5) is 16.0. The third kappa shape index (κ3) is 4.69. The van der Waals surface area contributed by atoms with Crippen molar-refractivity contribution in [3.8, 4) is 45.4 Å². The first-order valence-electron chi connectivity index (χ1n) is 18.2. The summed E-state index contributed by atoms with van der Waals surface area (Å²) in [6.07, 6.45) is 0. The summed E-state index contributed by atoms with van der Waals surface area (Å²) in [5, 5.41) is 5.62. The molecule has 0 aliphatic heterocycles. The first kappa shape index (κ1) is 30.3. The predicted molar refractivity (Wildman–Crippen MR) is 222 cm³/mol. The van der Waals surface area contributed by atoms with E-state index in [0.717, 1.165) is 83.2 Å². The lowest BCUT2D eigenvalue weighted by Gasteiger charge is -2.14. The summed E-state index contributed by atoms with van der Waals surface area (Å²) in [5.41, 5.74) is 11.4. The van der Waals surface area contributed by atoms with Crippen molar-refractivity contribution < 1.29 is 0 Å². The maximum atomic E-state index is 5.43. The van der Waals surface area contributed by atoms with E-state index >= 15 is 0 Å². The number of pyridine rings is 1. The van der Waals surface area contributed by atoms with Crippen LogP contribution in [0.3, 0.4) is 0 Å². The molecule has 0 fully saturated rings. The van der Waals surface area contributed by atoms with Crippen LogP contribution in [0.15, 0.2) is 188 Å². The van der Waals surface area contributed by atoms with Gasteiger partial charge in [0.05, 0.1) is 39.0 Å². The summed E-state index contributed by atoms with van der Waals surface area (Å²) in [5.74, 6) is 1.50. The van der Waals surface area contributed by atoms with Crippen LogP contribution in [-0.4, -0.2) is 24.1 Å². The van der Waals surface area contributed by atoms with Crippen molar-refractivity contribution in [2.75, 3.05) is 0 Å². The molecule has 0 amide bonds. The zero-order chi connectivity index (χ0) is 35.6. The van der Waals surface area contributed by atoms with E-state index in [-0.39, 0.29) is 0 Å². The van der Waals surface area contributed by atoms with Crippen molar-refractivity contribution in [1.82, 2.24) is 24.1 Å². The average Bonchev–Trinajstić information content (AvgIpc) is 3.77. The highest BCUT2D eigenvalue weighted by Gasteiger charge is 2.23. The minimum atomic E-state index is 0.635. The van der Waals surface area contributed by atoms with Crippen molar-refractivity contribution >= 4 is 54.5 Å². The van der Waals surface area contributed by atoms with Gasteiger partial charge in [0, 0.05) is 38.1 Å². The smallest absolute Gasteiger partial charge is 0.235 e. The van der Waals surface area contributed by atoms with Gasteiger partial charge in [-0.15, -0.1) is 0 Å². The van der Waals surface area contributed by atoms with Gasteiger partial charge in [0.2, 0.25) is 5.95 Å². The monoisotopic (exact) mass is 689 g/mol. The van der Waals surface area contributed by atoms with Gasteiger partial charge < -0.3 is 0 Å². The molecule has 252 valence electrons. The highest BCUT2D eigenvalue weighted by atomic mass is 15.2. The van der Waals surface area contributed by atoms with Gasteiger partial charge >= 0.3 is 0 Å². The number of aromatic nitrogens is 5. The van der Waals surface area contributed by atoms with Gasteiger partial charge in [0.1, 0.15) is 5.82 Å². The SMILES string of the molecule is c1ccc(-c2cc(-c3ccccc3)nc(-n3c4ccccc4c4ccc5c(c6ccccc6n5-c5nc(-c6ccccc6)c6ccccc6n5)c43)c2)cc1. The van der Waals surface area contributed by atoms with E-state index in [1.807, 2.05) is 18.2 Å². The van der Waals surface area contributed by atoms with E-state index in [4.69, 9.17) is 15.0 Å². The average molecular weight is 690 g/mol. The van der Waals surface area contributed by atoms with Crippen LogP contribution in [-0.2, 0) is 0 Å². The Hall–Kier alpha value is -7.37. The van der Waals surface area contributed by atoms with E-state index in [1.165, 1.54) is 10.8 Å². The fraction of sp³-hybridized carbons (Fsp3) is 0. The van der Waals surface area contributed by atoms with Crippen LogP contribution < -0.4 is 0 Å². The fourth-order valence-electron chi connectivity index (χ4n) is 8.13. The Morgan fingerprint density at radius 3 is 1.69 bits per heavy atom. The molecule has 0 unspecified atom stereocenters. The molecule has 4 heterocycles. The first-order valence-corrected chi connectivity index (χ1v) is 18.2. The number of nitrogens with zero attached hydrogens (tertiary/aromatic N) is 5. The second-order valence-corrected chi connectivity index (χ2v) is 13.6. The lowest BCUT2D eigenvalue weighted by Crippen LogP contribution is -2.03. The molecule has 4 aromatic heterocycles. The Balaban J connectivity index is 1.27. The summed E-state index contributed by atoms with van der Waals surface area (Å²) in [6.45, 7) is 0. The van der Waals surface area contributed by atoms with Gasteiger partial charge in [-0.3, -0.25) is 9.13 Å². The number of rotatable bonds is 5. The Morgan fingerprint density at radius 1 is 0.352 bits per heavy atom. The molecule has 5 heteroatoms. The van der Waals surface area contributed by atoms with E-state index in [2.05, 4.69) is 179 Å². The minimum absolute atomic E-state index is 0.635. The van der Waals surface area contributed by atoms with Crippen LogP contribution in [0.4, 0.5) is 0 Å². The summed E-state index contributed by atoms with van der Waals surface area (Å²) in [7, 11) is 0. The fourth-order valence-corrected chi connectivity index (χ4v) is 8.13. The maximum absolute atomic E-state index is 5.43. The number of para-hydroxylation sites is 3. The van der Waals surface area contributed by atoms with E-state index in [0.29, 0.717) is 5.95 Å². The van der Waals surface area contributed by atoms with E-state index in [1.54, 1.807) is 0 Å². The highest BCUT2D eigenvalue weighted by molar-refractivity contribution is 6.26. The maximum Gasteiger partial charge on any atom is 0.235 e. The standard InChI is InChI=1S/C49H31N5/c1-4-16-32(17-5-1)35-30-41(33-18-6-2-7-19-33)50-45(31-35)54-42-26-14-11-22-36(42)37-28-29-44-46(48(37)54)39-24-12-15-27-43(39)53(44)49-51-40-25-13-10-23-38(40)47(52-49)34-20-8-3-9-21-34/h1-31H. The zero-order valence-electron chi connectivity index (χ0n) is 29.1. The molecule has 0 saturated heterocycles. The van der Waals surface area contributed by atoms with Crippen LogP contribution in [0.25, 0.3) is 99.9 Å². The Kier molecular flexibility index (Phi) is 6.79. The van der Waals surface area contributed by atoms with Crippen molar-refractivity contribution in [2.24, 2.45) is 0 Å². The lowest BCUT2D eigenvalue weighted by molar-refractivity contribution is 1.01. The largest absolute Gasteiger partial charge is 0.293 e. The molecular weight excluding hydrogens is 659 g/mol. The molecule has 54 heavy (non-hydrogen) atoms. The lowest BCUT2D eigenvalue weighted by atomic mass is 10.0. The first-order chi connectivity index (χ1) is 26.8. The van der Waals surface area contributed by atoms with Crippen LogP contribution >= 0.6 is 0 Å². The molecule has 0 bridgehead atoms. The molecule has 11 rings (SSSR count). The van der Waals surface area contributed by atoms with Gasteiger partial charge in [0.25, 0.3) is 0 Å². The zero-order valence-corrected chi connectivity index (χ0v) is 29.1. The number of fused-ring (bicyclic) bond motifs is 8. The third-order valence-corrected chi connectivity index (χ3v) is 10.5. The van der Waals surface area contributed by atoms with Crippen molar-refractivity contribution in [3.63, 3.8) is 0 Å². The van der Waals surface area contributed by atoms with Gasteiger partial charge in [-0.2, -0.15) is 0 Å². The van der Waals surface area contributed by atoms with Crippen LogP contribution in [0, 0.1) is 0 Å². The second kappa shape index (κ2) is 12.1. The molecule has 0 radical (unpaired) electrons. The van der Waals surface area contributed by atoms with Crippen molar-refractivity contribution in [3.05, 3.63) is 188 Å². The molecule has 0 spiro atoms. The van der Waals surface area contributed by atoms with Gasteiger partial charge in [-0.25, -0.2) is 15.0 Å².